The SMILES string of the molecule is COC(=O)c1ccc([C@H]2CC[C@H](C)N2C(=O)OC(C)(C)C)cc1. The fourth-order valence-corrected chi connectivity index (χ4v) is 2.89. The molecule has 5 heteroatoms. The van der Waals surface area contributed by atoms with Crippen LogP contribution in [0.4, 0.5) is 4.79 Å². The van der Waals surface area contributed by atoms with Crippen LogP contribution >= 0.6 is 0 Å². The number of esters is 1. The fourth-order valence-electron chi connectivity index (χ4n) is 2.89. The number of benzene rings is 1. The lowest BCUT2D eigenvalue weighted by molar-refractivity contribution is 0.0158. The number of carbonyl (C=O) groups is 2. The molecule has 1 aromatic carbocycles. The van der Waals surface area contributed by atoms with Gasteiger partial charge in [-0.3, -0.25) is 4.90 Å². The molecule has 126 valence electrons. The van der Waals surface area contributed by atoms with Crippen molar-refractivity contribution in [3.63, 3.8) is 0 Å². The second kappa shape index (κ2) is 6.60. The van der Waals surface area contributed by atoms with Gasteiger partial charge in [0.1, 0.15) is 5.60 Å². The molecule has 0 aromatic heterocycles. The van der Waals surface area contributed by atoms with E-state index in [0.29, 0.717) is 5.56 Å². The van der Waals surface area contributed by atoms with E-state index >= 15 is 0 Å². The standard InChI is InChI=1S/C18H25NO4/c1-12-6-11-15(19(12)17(21)23-18(2,3)4)13-7-9-14(10-8-13)16(20)22-5/h7-10,12,15H,6,11H2,1-5H3/t12-,15+/m0/s1. The van der Waals surface area contributed by atoms with Gasteiger partial charge in [0.2, 0.25) is 0 Å². The van der Waals surface area contributed by atoms with E-state index in [1.807, 2.05) is 39.8 Å². The van der Waals surface area contributed by atoms with Gasteiger partial charge in [0, 0.05) is 6.04 Å². The highest BCUT2D eigenvalue weighted by Gasteiger charge is 2.37. The summed E-state index contributed by atoms with van der Waals surface area (Å²) in [6.45, 7) is 7.64. The van der Waals surface area contributed by atoms with Gasteiger partial charge in [0.25, 0.3) is 0 Å². The van der Waals surface area contributed by atoms with Crippen molar-refractivity contribution in [1.82, 2.24) is 4.90 Å². The van der Waals surface area contributed by atoms with Crippen molar-refractivity contribution in [3.8, 4) is 0 Å². The molecule has 1 aromatic rings. The maximum Gasteiger partial charge on any atom is 0.411 e. The van der Waals surface area contributed by atoms with Gasteiger partial charge in [-0.25, -0.2) is 9.59 Å². The molecule has 23 heavy (non-hydrogen) atoms. The van der Waals surface area contributed by atoms with E-state index in [1.54, 1.807) is 17.0 Å². The van der Waals surface area contributed by atoms with E-state index in [9.17, 15) is 9.59 Å². The summed E-state index contributed by atoms with van der Waals surface area (Å²) in [4.78, 5) is 25.8. The molecule has 1 amide bonds. The molecule has 0 aliphatic carbocycles. The third-order valence-electron chi connectivity index (χ3n) is 3.99. The molecule has 0 radical (unpaired) electrons. The Balaban J connectivity index is 2.20. The molecule has 1 heterocycles. The molecular weight excluding hydrogens is 294 g/mol. The van der Waals surface area contributed by atoms with E-state index in [2.05, 4.69) is 0 Å². The molecule has 0 spiro atoms. The van der Waals surface area contributed by atoms with Crippen LogP contribution < -0.4 is 0 Å². The van der Waals surface area contributed by atoms with Crippen LogP contribution in [-0.4, -0.2) is 35.7 Å². The van der Waals surface area contributed by atoms with Gasteiger partial charge in [0.15, 0.2) is 0 Å². The van der Waals surface area contributed by atoms with Crippen molar-refractivity contribution in [2.75, 3.05) is 7.11 Å². The third-order valence-corrected chi connectivity index (χ3v) is 3.99. The predicted octanol–water partition coefficient (Wildman–Crippen LogP) is 3.93. The van der Waals surface area contributed by atoms with Crippen LogP contribution in [-0.2, 0) is 9.47 Å². The maximum absolute atomic E-state index is 12.5. The molecule has 0 unspecified atom stereocenters. The smallest absolute Gasteiger partial charge is 0.411 e. The summed E-state index contributed by atoms with van der Waals surface area (Å²) >= 11 is 0. The van der Waals surface area contributed by atoms with Gasteiger partial charge in [-0.2, -0.15) is 0 Å². The number of rotatable bonds is 2. The number of hydrogen-bond donors (Lipinski definition) is 0. The first-order valence-electron chi connectivity index (χ1n) is 7.92. The number of likely N-dealkylation sites (tertiary alicyclic amines) is 1. The first kappa shape index (κ1) is 17.3. The van der Waals surface area contributed by atoms with Crippen molar-refractivity contribution >= 4 is 12.1 Å². The lowest BCUT2D eigenvalue weighted by Gasteiger charge is -2.31. The van der Waals surface area contributed by atoms with Gasteiger partial charge >= 0.3 is 12.1 Å². The van der Waals surface area contributed by atoms with Crippen molar-refractivity contribution in [2.45, 2.75) is 58.2 Å². The minimum atomic E-state index is -0.515. The molecule has 0 saturated carbocycles. The fraction of sp³-hybridized carbons (Fsp3) is 0.556. The zero-order valence-corrected chi connectivity index (χ0v) is 14.5. The highest BCUT2D eigenvalue weighted by molar-refractivity contribution is 5.89. The Labute approximate surface area is 137 Å². The highest BCUT2D eigenvalue weighted by atomic mass is 16.6. The van der Waals surface area contributed by atoms with Crippen molar-refractivity contribution < 1.29 is 19.1 Å². The molecule has 0 N–H and O–H groups in total. The van der Waals surface area contributed by atoms with Gasteiger partial charge in [-0.05, 0) is 58.2 Å². The number of carbonyl (C=O) groups excluding carboxylic acids is 2. The molecule has 1 aliphatic rings. The van der Waals surface area contributed by atoms with Crippen molar-refractivity contribution in [2.24, 2.45) is 0 Å². The summed E-state index contributed by atoms with van der Waals surface area (Å²) in [5, 5.41) is 0. The Bertz CT molecular complexity index is 574. The van der Waals surface area contributed by atoms with Gasteiger partial charge in [-0.15, -0.1) is 0 Å². The van der Waals surface area contributed by atoms with Crippen molar-refractivity contribution in [3.05, 3.63) is 35.4 Å². The zero-order valence-electron chi connectivity index (χ0n) is 14.5. The Morgan fingerprint density at radius 3 is 2.26 bits per heavy atom. The van der Waals surface area contributed by atoms with Gasteiger partial charge in [-0.1, -0.05) is 12.1 Å². The highest BCUT2D eigenvalue weighted by Crippen LogP contribution is 2.37. The average molecular weight is 319 g/mol. The molecule has 1 aliphatic heterocycles. The molecule has 1 fully saturated rings. The van der Waals surface area contributed by atoms with Crippen LogP contribution in [0.25, 0.3) is 0 Å². The molecule has 2 rings (SSSR count). The van der Waals surface area contributed by atoms with E-state index in [4.69, 9.17) is 9.47 Å². The Morgan fingerprint density at radius 1 is 1.13 bits per heavy atom. The van der Waals surface area contributed by atoms with Crippen LogP contribution in [0.15, 0.2) is 24.3 Å². The second-order valence-electron chi connectivity index (χ2n) is 6.94. The lowest BCUT2D eigenvalue weighted by atomic mass is 10.0. The summed E-state index contributed by atoms with van der Waals surface area (Å²) in [6, 6.07) is 7.34. The van der Waals surface area contributed by atoms with Crippen LogP contribution in [0.1, 0.15) is 62.5 Å². The maximum atomic E-state index is 12.5. The van der Waals surface area contributed by atoms with E-state index in [-0.39, 0.29) is 24.1 Å². The topological polar surface area (TPSA) is 55.8 Å². The van der Waals surface area contributed by atoms with Crippen molar-refractivity contribution in [1.29, 1.82) is 0 Å². The summed E-state index contributed by atoms with van der Waals surface area (Å²) in [7, 11) is 1.36. The summed E-state index contributed by atoms with van der Waals surface area (Å²) in [5.41, 5.74) is 0.998. The van der Waals surface area contributed by atoms with Crippen LogP contribution in [0, 0.1) is 0 Å². The molecular formula is C18H25NO4. The number of nitrogens with zero attached hydrogens (tertiary/aromatic N) is 1. The normalized spacial score (nSPS) is 21.2. The summed E-state index contributed by atoms with van der Waals surface area (Å²) < 4.78 is 10.2. The number of hydrogen-bond acceptors (Lipinski definition) is 4. The second-order valence-corrected chi connectivity index (χ2v) is 6.94. The van der Waals surface area contributed by atoms with E-state index in [1.165, 1.54) is 7.11 Å². The minimum Gasteiger partial charge on any atom is -0.465 e. The Morgan fingerprint density at radius 2 is 1.74 bits per heavy atom. The molecule has 5 nitrogen and oxygen atoms in total. The third kappa shape index (κ3) is 4.03. The molecule has 1 saturated heterocycles. The minimum absolute atomic E-state index is 0.0217. The van der Waals surface area contributed by atoms with Gasteiger partial charge in [0.05, 0.1) is 18.7 Å². The van der Waals surface area contributed by atoms with E-state index < -0.39 is 5.60 Å². The lowest BCUT2D eigenvalue weighted by Crippen LogP contribution is -2.40. The molecule has 2 atom stereocenters. The quantitative estimate of drug-likeness (QED) is 0.775. The van der Waals surface area contributed by atoms with E-state index in [0.717, 1.165) is 18.4 Å². The Kier molecular flexibility index (Phi) is 4.97. The van der Waals surface area contributed by atoms with Crippen LogP contribution in [0.2, 0.25) is 0 Å². The monoisotopic (exact) mass is 319 g/mol. The largest absolute Gasteiger partial charge is 0.465 e. The number of amides is 1. The number of ether oxygens (including phenoxy) is 2. The molecule has 0 bridgehead atoms. The summed E-state index contributed by atoms with van der Waals surface area (Å²) in [6.07, 6.45) is 1.53. The number of methoxy groups -OCH3 is 1. The Hall–Kier alpha value is -2.04. The first-order valence-corrected chi connectivity index (χ1v) is 7.92. The van der Waals surface area contributed by atoms with Crippen LogP contribution in [0.3, 0.4) is 0 Å². The van der Waals surface area contributed by atoms with Gasteiger partial charge < -0.3 is 9.47 Å². The van der Waals surface area contributed by atoms with Crippen LogP contribution in [0.5, 0.6) is 0 Å². The first-order chi connectivity index (χ1) is 10.7. The summed E-state index contributed by atoms with van der Waals surface area (Å²) in [5.74, 6) is -0.361. The average Bonchev–Trinajstić information content (AvgIpc) is 2.86. The zero-order chi connectivity index (χ0) is 17.2. The predicted molar refractivity (Wildman–Crippen MR) is 87.3 cm³/mol.